The van der Waals surface area contributed by atoms with E-state index in [-0.39, 0.29) is 5.92 Å². The Morgan fingerprint density at radius 1 is 1.16 bits per heavy atom. The van der Waals surface area contributed by atoms with Gasteiger partial charge in [0.1, 0.15) is 11.9 Å². The van der Waals surface area contributed by atoms with Crippen LogP contribution in [0.1, 0.15) is 18.4 Å². The molecular formula is C17H17FN6O. The molecule has 25 heavy (non-hydrogen) atoms. The molecule has 1 aromatic rings. The molecule has 1 saturated carbocycles. The van der Waals surface area contributed by atoms with Gasteiger partial charge in [-0.25, -0.2) is 14.4 Å². The third kappa shape index (κ3) is 2.97. The molecule has 1 aromatic heterocycles. The Labute approximate surface area is 144 Å². The van der Waals surface area contributed by atoms with Gasteiger partial charge < -0.3 is 9.80 Å². The van der Waals surface area contributed by atoms with Gasteiger partial charge in [0.05, 0.1) is 11.3 Å². The number of carbonyl (C=O) groups is 1. The van der Waals surface area contributed by atoms with Crippen LogP contribution in [0, 0.1) is 17.2 Å². The fourth-order valence-electron chi connectivity index (χ4n) is 3.15. The average molecular weight is 340 g/mol. The molecule has 0 bridgehead atoms. The van der Waals surface area contributed by atoms with E-state index < -0.39 is 12.1 Å². The average Bonchev–Trinajstić information content (AvgIpc) is 3.49. The van der Waals surface area contributed by atoms with E-state index in [1.54, 1.807) is 18.3 Å². The van der Waals surface area contributed by atoms with Gasteiger partial charge in [-0.05, 0) is 25.0 Å². The Bertz CT molecular complexity index is 802. The molecule has 1 saturated heterocycles. The lowest BCUT2D eigenvalue weighted by Crippen LogP contribution is -2.50. The summed E-state index contributed by atoms with van der Waals surface area (Å²) in [6.45, 7) is 2.44. The number of carbonyl (C=O) groups excluding carboxylic acids is 1. The number of amides is 1. The molecular weight excluding hydrogens is 323 g/mol. The predicted octanol–water partition coefficient (Wildman–Crippen LogP) is 1.16. The van der Waals surface area contributed by atoms with Gasteiger partial charge in [-0.15, -0.1) is 0 Å². The maximum atomic E-state index is 14.0. The zero-order valence-corrected chi connectivity index (χ0v) is 13.6. The number of aliphatic imine (C=N–C) groups is 2. The normalized spacial score (nSPS) is 23.8. The second-order valence-corrected chi connectivity index (χ2v) is 6.38. The second-order valence-electron chi connectivity index (χ2n) is 6.38. The predicted molar refractivity (Wildman–Crippen MR) is 90.2 cm³/mol. The van der Waals surface area contributed by atoms with E-state index in [0.29, 0.717) is 49.2 Å². The molecule has 0 radical (unpaired) electrons. The second kappa shape index (κ2) is 6.24. The van der Waals surface area contributed by atoms with Crippen LogP contribution in [0.2, 0.25) is 0 Å². The largest absolute Gasteiger partial charge is 0.352 e. The van der Waals surface area contributed by atoms with E-state index in [2.05, 4.69) is 21.0 Å². The summed E-state index contributed by atoms with van der Waals surface area (Å²) in [6, 6.07) is 5.63. The number of piperazine rings is 1. The number of hydrogen-bond donors (Lipinski definition) is 0. The molecule has 4 rings (SSSR count). The first-order chi connectivity index (χ1) is 12.2. The van der Waals surface area contributed by atoms with E-state index in [4.69, 9.17) is 0 Å². The van der Waals surface area contributed by atoms with Crippen LogP contribution in [-0.2, 0) is 4.79 Å². The minimum absolute atomic E-state index is 0.0949. The topological polar surface area (TPSA) is 85.0 Å². The van der Waals surface area contributed by atoms with Crippen LogP contribution in [-0.4, -0.2) is 59.8 Å². The summed E-state index contributed by atoms with van der Waals surface area (Å²) < 4.78 is 14.0. The Balaban J connectivity index is 1.48. The van der Waals surface area contributed by atoms with Gasteiger partial charge in [-0.3, -0.25) is 4.79 Å². The first kappa shape index (κ1) is 15.7. The Morgan fingerprint density at radius 3 is 2.56 bits per heavy atom. The number of nitriles is 1. The van der Waals surface area contributed by atoms with Crippen molar-refractivity contribution >= 4 is 23.4 Å². The van der Waals surface area contributed by atoms with Gasteiger partial charge >= 0.3 is 0 Å². The first-order valence-electron chi connectivity index (χ1n) is 8.37. The highest BCUT2D eigenvalue weighted by Crippen LogP contribution is 2.34. The van der Waals surface area contributed by atoms with Crippen LogP contribution >= 0.6 is 0 Å². The van der Waals surface area contributed by atoms with Crippen molar-refractivity contribution in [3.63, 3.8) is 0 Å². The number of hydrogen-bond acceptors (Lipinski definition) is 6. The highest BCUT2D eigenvalue weighted by Gasteiger charge is 2.40. The van der Waals surface area contributed by atoms with Crippen molar-refractivity contribution in [2.24, 2.45) is 15.9 Å². The van der Waals surface area contributed by atoms with Crippen molar-refractivity contribution in [1.29, 1.82) is 5.26 Å². The van der Waals surface area contributed by atoms with Crippen LogP contribution in [0.3, 0.4) is 0 Å². The van der Waals surface area contributed by atoms with Gasteiger partial charge in [0.2, 0.25) is 12.1 Å². The fraction of sp³-hybridized carbons (Fsp3) is 0.471. The molecule has 0 aromatic carbocycles. The summed E-state index contributed by atoms with van der Waals surface area (Å²) in [5.41, 5.74) is 0.879. The van der Waals surface area contributed by atoms with Crippen LogP contribution in [0.5, 0.6) is 0 Å². The monoisotopic (exact) mass is 340 g/mol. The van der Waals surface area contributed by atoms with Gasteiger partial charge in [-0.1, -0.05) is 0 Å². The third-order valence-electron chi connectivity index (χ3n) is 4.68. The zero-order chi connectivity index (χ0) is 17.4. The van der Waals surface area contributed by atoms with E-state index in [1.165, 1.54) is 0 Å². The van der Waals surface area contributed by atoms with Crippen LogP contribution in [0.25, 0.3) is 0 Å². The van der Waals surface area contributed by atoms with Gasteiger partial charge in [0.25, 0.3) is 5.91 Å². The van der Waals surface area contributed by atoms with Crippen LogP contribution < -0.4 is 4.90 Å². The van der Waals surface area contributed by atoms with Crippen molar-refractivity contribution in [3.8, 4) is 6.07 Å². The summed E-state index contributed by atoms with van der Waals surface area (Å²) in [5.74, 6) is 0.336. The molecule has 128 valence electrons. The summed E-state index contributed by atoms with van der Waals surface area (Å²) >= 11 is 0. The quantitative estimate of drug-likeness (QED) is 0.806. The Morgan fingerprint density at radius 2 is 1.88 bits per heavy atom. The molecule has 2 aliphatic heterocycles. The number of anilines is 1. The van der Waals surface area contributed by atoms with Crippen LogP contribution in [0.4, 0.5) is 10.2 Å². The van der Waals surface area contributed by atoms with Crippen molar-refractivity contribution in [1.82, 2.24) is 9.88 Å². The Kier molecular flexibility index (Phi) is 3.92. The summed E-state index contributed by atoms with van der Waals surface area (Å²) in [4.78, 5) is 28.2. The standard InChI is InChI=1S/C17H17FN6O/c18-13-14(11-3-4-11)21-17(22-16(13)25)24-8-6-23(7-9-24)15-12(10-19)2-1-5-20-15/h1-2,5,11,13H,3-4,6-9H2. The number of guanidine groups is 1. The molecule has 1 amide bonds. The molecule has 7 nitrogen and oxygen atoms in total. The smallest absolute Gasteiger partial charge is 0.289 e. The van der Waals surface area contributed by atoms with Crippen LogP contribution in [0.15, 0.2) is 28.3 Å². The van der Waals surface area contributed by atoms with E-state index in [0.717, 1.165) is 12.8 Å². The maximum absolute atomic E-state index is 14.0. The highest BCUT2D eigenvalue weighted by atomic mass is 19.1. The number of rotatable bonds is 2. The SMILES string of the molecule is N#Cc1cccnc1N1CCN(C2=NC(=O)C(F)C(C3CC3)=N2)CC1. The van der Waals surface area contributed by atoms with Gasteiger partial charge in [0.15, 0.2) is 0 Å². The Hall–Kier alpha value is -2.82. The third-order valence-corrected chi connectivity index (χ3v) is 4.68. The maximum Gasteiger partial charge on any atom is 0.289 e. The molecule has 1 atom stereocenters. The van der Waals surface area contributed by atoms with Crippen molar-refractivity contribution < 1.29 is 9.18 Å². The lowest BCUT2D eigenvalue weighted by Gasteiger charge is -2.36. The molecule has 8 heteroatoms. The first-order valence-corrected chi connectivity index (χ1v) is 8.37. The summed E-state index contributed by atoms with van der Waals surface area (Å²) in [6.07, 6.45) is 1.78. The van der Waals surface area contributed by atoms with E-state index in [1.807, 2.05) is 9.80 Å². The zero-order valence-electron chi connectivity index (χ0n) is 13.6. The number of halogens is 1. The summed E-state index contributed by atoms with van der Waals surface area (Å²) in [5, 5.41) is 9.21. The van der Waals surface area contributed by atoms with Gasteiger partial charge in [-0.2, -0.15) is 10.3 Å². The fourth-order valence-corrected chi connectivity index (χ4v) is 3.15. The molecule has 2 fully saturated rings. The molecule has 0 spiro atoms. The van der Waals surface area contributed by atoms with E-state index in [9.17, 15) is 14.4 Å². The lowest BCUT2D eigenvalue weighted by molar-refractivity contribution is -0.120. The van der Waals surface area contributed by atoms with E-state index >= 15 is 0 Å². The molecule has 3 heterocycles. The molecule has 0 N–H and O–H groups in total. The molecule has 3 aliphatic rings. The van der Waals surface area contributed by atoms with Gasteiger partial charge in [0, 0.05) is 38.3 Å². The number of alkyl halides is 1. The highest BCUT2D eigenvalue weighted by molar-refractivity contribution is 6.18. The minimum Gasteiger partial charge on any atom is -0.352 e. The minimum atomic E-state index is -1.68. The lowest BCUT2D eigenvalue weighted by atomic mass is 10.1. The summed E-state index contributed by atoms with van der Waals surface area (Å²) in [7, 11) is 0. The van der Waals surface area contributed by atoms with Crippen molar-refractivity contribution in [2.45, 2.75) is 19.0 Å². The number of pyridine rings is 1. The van der Waals surface area contributed by atoms with Crippen molar-refractivity contribution in [3.05, 3.63) is 23.9 Å². The van der Waals surface area contributed by atoms with Crippen molar-refractivity contribution in [2.75, 3.05) is 31.1 Å². The number of nitrogens with zero attached hydrogens (tertiary/aromatic N) is 6. The molecule has 1 aliphatic carbocycles. The molecule has 1 unspecified atom stereocenters. The number of aromatic nitrogens is 1.